The molecular weight excluding hydrogens is 244 g/mol. The molecule has 1 N–H and O–H groups in total. The van der Waals surface area contributed by atoms with Gasteiger partial charge in [-0.1, -0.05) is 0 Å². The second-order valence-electron chi connectivity index (χ2n) is 4.57. The first kappa shape index (κ1) is 13.2. The first-order valence-corrected chi connectivity index (χ1v) is 6.10. The summed E-state index contributed by atoms with van der Waals surface area (Å²) < 4.78 is 10.3. The van der Waals surface area contributed by atoms with Crippen LogP contribution in [0.4, 0.5) is 5.69 Å². The molecule has 100 valence electrons. The number of nitrogens with one attached hydrogen (secondary N) is 1. The molecule has 0 atom stereocenters. The Kier molecular flexibility index (Phi) is 3.61. The molecule has 0 aromatic heterocycles. The molecule has 2 rings (SSSR count). The Labute approximate surface area is 112 Å². The number of methoxy groups -OCH3 is 2. The number of amides is 1. The van der Waals surface area contributed by atoms with Crippen molar-refractivity contribution in [2.24, 2.45) is 5.41 Å². The molecular formula is C14H16N2O3. The van der Waals surface area contributed by atoms with Crippen LogP contribution in [0.25, 0.3) is 0 Å². The maximum Gasteiger partial charge on any atom is 0.244 e. The summed E-state index contributed by atoms with van der Waals surface area (Å²) in [5.41, 5.74) is -0.359. The molecule has 1 aromatic carbocycles. The highest BCUT2D eigenvalue weighted by molar-refractivity contribution is 5.99. The van der Waals surface area contributed by atoms with Crippen molar-refractivity contribution in [3.63, 3.8) is 0 Å². The van der Waals surface area contributed by atoms with Gasteiger partial charge in [-0.3, -0.25) is 4.79 Å². The molecule has 0 spiro atoms. The summed E-state index contributed by atoms with van der Waals surface area (Å²) in [6.45, 7) is 0. The average molecular weight is 260 g/mol. The predicted octanol–water partition coefficient (Wildman–Crippen LogP) is 2.34. The van der Waals surface area contributed by atoms with E-state index in [4.69, 9.17) is 14.7 Å². The Morgan fingerprint density at radius 2 is 2.11 bits per heavy atom. The molecule has 0 radical (unpaired) electrons. The average Bonchev–Trinajstić information content (AvgIpc) is 2.38. The lowest BCUT2D eigenvalue weighted by molar-refractivity contribution is -0.126. The smallest absolute Gasteiger partial charge is 0.244 e. The van der Waals surface area contributed by atoms with Crippen LogP contribution in [0.3, 0.4) is 0 Å². The minimum Gasteiger partial charge on any atom is -0.497 e. The van der Waals surface area contributed by atoms with Gasteiger partial charge in [-0.2, -0.15) is 5.26 Å². The maximum absolute atomic E-state index is 12.2. The summed E-state index contributed by atoms with van der Waals surface area (Å²) in [7, 11) is 3.08. The zero-order valence-corrected chi connectivity index (χ0v) is 11.0. The van der Waals surface area contributed by atoms with E-state index in [1.807, 2.05) is 0 Å². The molecule has 0 unspecified atom stereocenters. The lowest BCUT2D eigenvalue weighted by Crippen LogP contribution is -2.40. The van der Waals surface area contributed by atoms with Gasteiger partial charge in [0.1, 0.15) is 16.9 Å². The summed E-state index contributed by atoms with van der Waals surface area (Å²) in [5.74, 6) is 0.894. The zero-order valence-electron chi connectivity index (χ0n) is 11.0. The van der Waals surface area contributed by atoms with Crippen molar-refractivity contribution in [3.05, 3.63) is 18.2 Å². The lowest BCUT2D eigenvalue weighted by atomic mass is 9.69. The van der Waals surface area contributed by atoms with Crippen LogP contribution in [0, 0.1) is 16.7 Å². The minimum absolute atomic E-state index is 0.271. The molecule has 1 aromatic rings. The van der Waals surface area contributed by atoms with E-state index in [9.17, 15) is 4.79 Å². The van der Waals surface area contributed by atoms with Crippen molar-refractivity contribution in [3.8, 4) is 17.6 Å². The van der Waals surface area contributed by atoms with Crippen molar-refractivity contribution in [1.29, 1.82) is 5.26 Å². The molecule has 1 amide bonds. The molecule has 0 saturated heterocycles. The molecule has 1 aliphatic rings. The van der Waals surface area contributed by atoms with Crippen molar-refractivity contribution in [1.82, 2.24) is 0 Å². The van der Waals surface area contributed by atoms with Crippen molar-refractivity contribution in [2.45, 2.75) is 19.3 Å². The van der Waals surface area contributed by atoms with E-state index < -0.39 is 5.41 Å². The normalized spacial score (nSPS) is 15.8. The third-order valence-electron chi connectivity index (χ3n) is 3.51. The highest BCUT2D eigenvalue weighted by Gasteiger charge is 2.44. The van der Waals surface area contributed by atoms with Gasteiger partial charge in [0.25, 0.3) is 0 Å². The van der Waals surface area contributed by atoms with Gasteiger partial charge in [0.15, 0.2) is 0 Å². The third kappa shape index (κ3) is 2.34. The van der Waals surface area contributed by atoms with Gasteiger partial charge in [0.05, 0.1) is 26.0 Å². The van der Waals surface area contributed by atoms with Crippen LogP contribution < -0.4 is 14.8 Å². The summed E-state index contributed by atoms with van der Waals surface area (Å²) in [5, 5.41) is 11.9. The van der Waals surface area contributed by atoms with Gasteiger partial charge in [-0.15, -0.1) is 0 Å². The summed E-state index contributed by atoms with van der Waals surface area (Å²) in [6, 6.07) is 7.26. The minimum atomic E-state index is -0.881. The Hall–Kier alpha value is -2.22. The second-order valence-corrected chi connectivity index (χ2v) is 4.57. The number of benzene rings is 1. The van der Waals surface area contributed by atoms with Gasteiger partial charge >= 0.3 is 0 Å². The Balaban J connectivity index is 2.23. The first-order chi connectivity index (χ1) is 9.15. The summed E-state index contributed by atoms with van der Waals surface area (Å²) in [4.78, 5) is 12.2. The van der Waals surface area contributed by atoms with Gasteiger partial charge < -0.3 is 14.8 Å². The number of carbonyl (C=O) groups is 1. The van der Waals surface area contributed by atoms with Crippen molar-refractivity contribution < 1.29 is 14.3 Å². The number of rotatable bonds is 4. The van der Waals surface area contributed by atoms with Crippen molar-refractivity contribution in [2.75, 3.05) is 19.5 Å². The van der Waals surface area contributed by atoms with Gasteiger partial charge in [0.2, 0.25) is 5.91 Å². The highest BCUT2D eigenvalue weighted by atomic mass is 16.5. The van der Waals surface area contributed by atoms with Crippen LogP contribution in [0.1, 0.15) is 19.3 Å². The number of anilines is 1. The third-order valence-corrected chi connectivity index (χ3v) is 3.51. The molecule has 0 aliphatic heterocycles. The van der Waals surface area contributed by atoms with Crippen LogP contribution in [-0.2, 0) is 4.79 Å². The maximum atomic E-state index is 12.2. The monoisotopic (exact) mass is 260 g/mol. The second kappa shape index (κ2) is 5.19. The van der Waals surface area contributed by atoms with E-state index in [-0.39, 0.29) is 5.91 Å². The van der Waals surface area contributed by atoms with Crippen molar-refractivity contribution >= 4 is 11.6 Å². The number of carbonyl (C=O) groups excluding carboxylic acids is 1. The van der Waals surface area contributed by atoms with Gasteiger partial charge in [0, 0.05) is 6.07 Å². The zero-order chi connectivity index (χ0) is 13.9. The fourth-order valence-corrected chi connectivity index (χ4v) is 2.07. The lowest BCUT2D eigenvalue weighted by Gasteiger charge is -2.33. The van der Waals surface area contributed by atoms with Gasteiger partial charge in [-0.05, 0) is 31.4 Å². The van der Waals surface area contributed by atoms with Crippen LogP contribution >= 0.6 is 0 Å². The number of hydrogen-bond acceptors (Lipinski definition) is 4. The summed E-state index contributed by atoms with van der Waals surface area (Å²) in [6.07, 6.45) is 2.14. The Morgan fingerprint density at radius 1 is 1.37 bits per heavy atom. The number of ether oxygens (including phenoxy) is 2. The Morgan fingerprint density at radius 3 is 2.58 bits per heavy atom. The van der Waals surface area contributed by atoms with E-state index in [2.05, 4.69) is 11.4 Å². The first-order valence-electron chi connectivity index (χ1n) is 6.10. The quantitative estimate of drug-likeness (QED) is 0.901. The van der Waals surface area contributed by atoms with E-state index in [0.29, 0.717) is 30.0 Å². The fraction of sp³-hybridized carbons (Fsp3) is 0.429. The molecule has 0 bridgehead atoms. The van der Waals surface area contributed by atoms with Gasteiger partial charge in [-0.25, -0.2) is 0 Å². The standard InChI is InChI=1S/C14H16N2O3/c1-18-10-4-5-12(19-2)11(8-10)16-13(17)14(9-15)6-3-7-14/h4-5,8H,3,6-7H2,1-2H3,(H,16,17). The SMILES string of the molecule is COc1ccc(OC)c(NC(=O)C2(C#N)CCC2)c1. The number of nitrogens with zero attached hydrogens (tertiary/aromatic N) is 1. The molecule has 19 heavy (non-hydrogen) atoms. The van der Waals surface area contributed by atoms with E-state index >= 15 is 0 Å². The van der Waals surface area contributed by atoms with E-state index in [1.54, 1.807) is 25.3 Å². The van der Waals surface area contributed by atoms with E-state index in [1.165, 1.54) is 7.11 Å². The van der Waals surface area contributed by atoms with E-state index in [0.717, 1.165) is 6.42 Å². The number of hydrogen-bond donors (Lipinski definition) is 1. The summed E-state index contributed by atoms with van der Waals surface area (Å²) >= 11 is 0. The Bertz CT molecular complexity index is 530. The van der Waals surface area contributed by atoms with Crippen LogP contribution in [0.5, 0.6) is 11.5 Å². The molecule has 1 saturated carbocycles. The van der Waals surface area contributed by atoms with Crippen LogP contribution in [-0.4, -0.2) is 20.1 Å². The fourth-order valence-electron chi connectivity index (χ4n) is 2.07. The molecule has 5 heteroatoms. The number of nitriles is 1. The van der Waals surface area contributed by atoms with Crippen LogP contribution in [0.2, 0.25) is 0 Å². The largest absolute Gasteiger partial charge is 0.497 e. The molecule has 1 fully saturated rings. The molecule has 0 heterocycles. The topological polar surface area (TPSA) is 71.3 Å². The molecule has 1 aliphatic carbocycles. The molecule has 5 nitrogen and oxygen atoms in total. The highest BCUT2D eigenvalue weighted by Crippen LogP contribution is 2.42. The van der Waals surface area contributed by atoms with Crippen LogP contribution in [0.15, 0.2) is 18.2 Å². The predicted molar refractivity (Wildman–Crippen MR) is 70.1 cm³/mol.